The van der Waals surface area contributed by atoms with Crippen LogP contribution in [0.5, 0.6) is 5.88 Å². The number of carbonyl (C=O) groups excluding carboxylic acids is 1. The number of hydrogen-bond donors (Lipinski definition) is 1. The van der Waals surface area contributed by atoms with Crippen molar-refractivity contribution in [2.75, 3.05) is 19.8 Å². The summed E-state index contributed by atoms with van der Waals surface area (Å²) >= 11 is 0. The Morgan fingerprint density at radius 1 is 1.25 bits per heavy atom. The molecule has 2 aromatic rings. The average molecular weight is 326 g/mol. The molecule has 1 atom stereocenters. The van der Waals surface area contributed by atoms with Crippen molar-refractivity contribution in [2.45, 2.75) is 25.4 Å². The van der Waals surface area contributed by atoms with Crippen LogP contribution in [0, 0.1) is 0 Å². The fourth-order valence-corrected chi connectivity index (χ4v) is 2.66. The first-order chi connectivity index (χ1) is 11.8. The smallest absolute Gasteiger partial charge is 0.256 e. The average Bonchev–Trinajstić information content (AvgIpc) is 3.13. The molecular formula is C19H22N2O3. The number of rotatable bonds is 7. The number of carbonyl (C=O) groups is 1. The first-order valence-electron chi connectivity index (χ1n) is 8.34. The molecule has 126 valence electrons. The molecule has 1 unspecified atom stereocenters. The van der Waals surface area contributed by atoms with Gasteiger partial charge in [-0.2, -0.15) is 0 Å². The standard InChI is InChI=1S/C19H22N2O3/c22-18(20-11-4-8-15-6-2-1-3-7-15)17-9-5-12-21-19(17)24-16-10-13-23-14-16/h1-3,5-7,9,12,16H,4,8,10-11,13-14H2,(H,20,22). The summed E-state index contributed by atoms with van der Waals surface area (Å²) in [7, 11) is 0. The lowest BCUT2D eigenvalue weighted by Gasteiger charge is -2.14. The quantitative estimate of drug-likeness (QED) is 0.795. The van der Waals surface area contributed by atoms with Gasteiger partial charge >= 0.3 is 0 Å². The van der Waals surface area contributed by atoms with E-state index in [0.717, 1.165) is 19.3 Å². The van der Waals surface area contributed by atoms with Gasteiger partial charge in [0.2, 0.25) is 5.88 Å². The number of aryl methyl sites for hydroxylation is 1. The van der Waals surface area contributed by atoms with Gasteiger partial charge in [0, 0.05) is 19.2 Å². The summed E-state index contributed by atoms with van der Waals surface area (Å²) in [5.41, 5.74) is 1.75. The van der Waals surface area contributed by atoms with Gasteiger partial charge in [0.05, 0.1) is 13.2 Å². The Morgan fingerprint density at radius 3 is 2.92 bits per heavy atom. The Morgan fingerprint density at radius 2 is 2.12 bits per heavy atom. The molecule has 1 N–H and O–H groups in total. The molecule has 1 aromatic carbocycles. The van der Waals surface area contributed by atoms with Crippen molar-refractivity contribution in [3.63, 3.8) is 0 Å². The maximum atomic E-state index is 12.4. The molecule has 5 heteroatoms. The molecule has 1 amide bonds. The molecule has 0 spiro atoms. The zero-order valence-electron chi connectivity index (χ0n) is 13.6. The van der Waals surface area contributed by atoms with Crippen molar-refractivity contribution in [1.29, 1.82) is 0 Å². The predicted octanol–water partition coefficient (Wildman–Crippen LogP) is 2.61. The Balaban J connectivity index is 1.51. The van der Waals surface area contributed by atoms with E-state index in [4.69, 9.17) is 9.47 Å². The zero-order chi connectivity index (χ0) is 16.6. The van der Waals surface area contributed by atoms with Crippen LogP contribution in [0.25, 0.3) is 0 Å². The number of nitrogens with zero attached hydrogens (tertiary/aromatic N) is 1. The summed E-state index contributed by atoms with van der Waals surface area (Å²) in [6.45, 7) is 1.86. The highest BCUT2D eigenvalue weighted by atomic mass is 16.5. The van der Waals surface area contributed by atoms with Crippen LogP contribution in [-0.4, -0.2) is 36.8 Å². The van der Waals surface area contributed by atoms with Crippen molar-refractivity contribution < 1.29 is 14.3 Å². The molecule has 1 aromatic heterocycles. The van der Waals surface area contributed by atoms with Crippen molar-refractivity contribution >= 4 is 5.91 Å². The Labute approximate surface area is 142 Å². The first kappa shape index (κ1) is 16.5. The van der Waals surface area contributed by atoms with Gasteiger partial charge in [-0.25, -0.2) is 4.98 Å². The Kier molecular flexibility index (Phi) is 5.80. The second kappa shape index (κ2) is 8.45. The third-order valence-corrected chi connectivity index (χ3v) is 3.95. The SMILES string of the molecule is O=C(NCCCc1ccccc1)c1cccnc1OC1CCOC1. The van der Waals surface area contributed by atoms with E-state index < -0.39 is 0 Å². The molecule has 5 nitrogen and oxygen atoms in total. The highest BCUT2D eigenvalue weighted by Gasteiger charge is 2.21. The van der Waals surface area contributed by atoms with Crippen LogP contribution in [0.1, 0.15) is 28.8 Å². The van der Waals surface area contributed by atoms with Crippen molar-refractivity contribution in [3.05, 3.63) is 59.8 Å². The molecule has 3 rings (SSSR count). The second-order valence-corrected chi connectivity index (χ2v) is 5.80. The highest BCUT2D eigenvalue weighted by Crippen LogP contribution is 2.19. The van der Waals surface area contributed by atoms with Crippen molar-refractivity contribution in [2.24, 2.45) is 0 Å². The predicted molar refractivity (Wildman–Crippen MR) is 91.2 cm³/mol. The fourth-order valence-electron chi connectivity index (χ4n) is 2.66. The summed E-state index contributed by atoms with van der Waals surface area (Å²) in [6, 6.07) is 13.7. The molecule has 0 saturated carbocycles. The normalized spacial score (nSPS) is 16.8. The summed E-state index contributed by atoms with van der Waals surface area (Å²) in [4.78, 5) is 16.6. The van der Waals surface area contributed by atoms with Crippen molar-refractivity contribution in [1.82, 2.24) is 10.3 Å². The largest absolute Gasteiger partial charge is 0.471 e. The number of hydrogen-bond acceptors (Lipinski definition) is 4. The van der Waals surface area contributed by atoms with Gasteiger partial charge in [-0.05, 0) is 30.5 Å². The number of ether oxygens (including phenoxy) is 2. The fraction of sp³-hybridized carbons (Fsp3) is 0.368. The molecule has 0 radical (unpaired) electrons. The summed E-state index contributed by atoms with van der Waals surface area (Å²) < 4.78 is 11.1. The van der Waals surface area contributed by atoms with Gasteiger partial charge in [0.25, 0.3) is 5.91 Å². The van der Waals surface area contributed by atoms with E-state index >= 15 is 0 Å². The number of aromatic nitrogens is 1. The van der Waals surface area contributed by atoms with Crippen LogP contribution in [0.3, 0.4) is 0 Å². The topological polar surface area (TPSA) is 60.5 Å². The molecular weight excluding hydrogens is 304 g/mol. The maximum Gasteiger partial charge on any atom is 0.256 e. The van der Waals surface area contributed by atoms with E-state index in [-0.39, 0.29) is 12.0 Å². The van der Waals surface area contributed by atoms with Crippen molar-refractivity contribution in [3.8, 4) is 5.88 Å². The van der Waals surface area contributed by atoms with E-state index in [1.165, 1.54) is 5.56 Å². The molecule has 1 aliphatic rings. The monoisotopic (exact) mass is 326 g/mol. The minimum absolute atomic E-state index is 0.0236. The van der Waals surface area contributed by atoms with Gasteiger partial charge in [-0.1, -0.05) is 30.3 Å². The number of nitrogens with one attached hydrogen (secondary N) is 1. The van der Waals surface area contributed by atoms with Crippen LogP contribution < -0.4 is 10.1 Å². The molecule has 1 fully saturated rings. The molecule has 0 bridgehead atoms. The van der Waals surface area contributed by atoms with E-state index in [1.54, 1.807) is 18.3 Å². The van der Waals surface area contributed by atoms with Gasteiger partial charge in [-0.3, -0.25) is 4.79 Å². The van der Waals surface area contributed by atoms with Gasteiger partial charge in [0.15, 0.2) is 0 Å². The van der Waals surface area contributed by atoms with Gasteiger partial charge < -0.3 is 14.8 Å². The van der Waals surface area contributed by atoms with Crippen LogP contribution in [0.4, 0.5) is 0 Å². The highest BCUT2D eigenvalue weighted by molar-refractivity contribution is 5.96. The first-order valence-corrected chi connectivity index (χ1v) is 8.34. The van der Waals surface area contributed by atoms with Crippen LogP contribution in [0.2, 0.25) is 0 Å². The van der Waals surface area contributed by atoms with E-state index in [1.807, 2.05) is 18.2 Å². The number of amides is 1. The maximum absolute atomic E-state index is 12.4. The molecule has 0 aliphatic carbocycles. The third kappa shape index (κ3) is 4.55. The lowest BCUT2D eigenvalue weighted by atomic mass is 10.1. The van der Waals surface area contributed by atoms with E-state index in [9.17, 15) is 4.79 Å². The van der Waals surface area contributed by atoms with E-state index in [0.29, 0.717) is 31.2 Å². The minimum atomic E-state index is -0.148. The second-order valence-electron chi connectivity index (χ2n) is 5.80. The minimum Gasteiger partial charge on any atom is -0.471 e. The molecule has 1 aliphatic heterocycles. The third-order valence-electron chi connectivity index (χ3n) is 3.95. The molecule has 2 heterocycles. The summed E-state index contributed by atoms with van der Waals surface area (Å²) in [5, 5.41) is 2.94. The van der Waals surface area contributed by atoms with Gasteiger partial charge in [-0.15, -0.1) is 0 Å². The van der Waals surface area contributed by atoms with Crippen LogP contribution in [0.15, 0.2) is 48.7 Å². The summed E-state index contributed by atoms with van der Waals surface area (Å²) in [5.74, 6) is 0.235. The Bertz CT molecular complexity index is 655. The lowest BCUT2D eigenvalue weighted by molar-refractivity contribution is 0.0940. The zero-order valence-corrected chi connectivity index (χ0v) is 13.6. The van der Waals surface area contributed by atoms with Crippen LogP contribution >= 0.6 is 0 Å². The van der Waals surface area contributed by atoms with Crippen LogP contribution in [-0.2, 0) is 11.2 Å². The molecule has 24 heavy (non-hydrogen) atoms. The lowest BCUT2D eigenvalue weighted by Crippen LogP contribution is -2.27. The Hall–Kier alpha value is -2.40. The summed E-state index contributed by atoms with van der Waals surface area (Å²) in [6.07, 6.45) is 4.27. The number of pyridine rings is 1. The van der Waals surface area contributed by atoms with E-state index in [2.05, 4.69) is 22.4 Å². The molecule has 1 saturated heterocycles. The van der Waals surface area contributed by atoms with Gasteiger partial charge in [0.1, 0.15) is 11.7 Å². The number of benzene rings is 1.